The lowest BCUT2D eigenvalue weighted by atomic mass is 10.1. The quantitative estimate of drug-likeness (QED) is 0.317. The standard InChI is InChI=1S/C18H30N4O3S.HI/c1-4-19-18(21-10-12-22-11-5-13-26(22,23)24)20-9-8-16-14-15(2)6-7-17(16)25-3;/h6-7,14H,4-5,8-13H2,1-3H3,(H2,19,20,21);1H. The second-order valence-corrected chi connectivity index (χ2v) is 8.41. The van der Waals surface area contributed by atoms with Crippen LogP contribution in [0.15, 0.2) is 23.2 Å². The average Bonchev–Trinajstić information content (AvgIpc) is 2.93. The summed E-state index contributed by atoms with van der Waals surface area (Å²) in [5.74, 6) is 1.85. The topological polar surface area (TPSA) is 83.0 Å². The van der Waals surface area contributed by atoms with Gasteiger partial charge < -0.3 is 15.4 Å². The monoisotopic (exact) mass is 510 g/mol. The summed E-state index contributed by atoms with van der Waals surface area (Å²) in [6, 6.07) is 6.15. The summed E-state index contributed by atoms with van der Waals surface area (Å²) in [5, 5.41) is 6.50. The first-order chi connectivity index (χ1) is 12.5. The molecular formula is C18H31IN4O3S. The Morgan fingerprint density at radius 2 is 2.11 bits per heavy atom. The summed E-state index contributed by atoms with van der Waals surface area (Å²) >= 11 is 0. The Kier molecular flexibility index (Phi) is 10.4. The van der Waals surface area contributed by atoms with E-state index in [1.807, 2.05) is 19.1 Å². The van der Waals surface area contributed by atoms with Gasteiger partial charge >= 0.3 is 0 Å². The highest BCUT2D eigenvalue weighted by Crippen LogP contribution is 2.19. The fourth-order valence-electron chi connectivity index (χ4n) is 2.98. The minimum atomic E-state index is -3.05. The minimum absolute atomic E-state index is 0. The Morgan fingerprint density at radius 3 is 2.74 bits per heavy atom. The molecule has 1 aromatic carbocycles. The van der Waals surface area contributed by atoms with Crippen molar-refractivity contribution in [1.82, 2.24) is 14.9 Å². The van der Waals surface area contributed by atoms with Gasteiger partial charge in [-0.15, -0.1) is 24.0 Å². The minimum Gasteiger partial charge on any atom is -0.496 e. The van der Waals surface area contributed by atoms with Crippen molar-refractivity contribution >= 4 is 40.0 Å². The van der Waals surface area contributed by atoms with Crippen LogP contribution in [0.3, 0.4) is 0 Å². The Hall–Kier alpha value is -1.07. The summed E-state index contributed by atoms with van der Waals surface area (Å²) < 4.78 is 30.6. The lowest BCUT2D eigenvalue weighted by Crippen LogP contribution is -2.39. The molecule has 0 aromatic heterocycles. The smallest absolute Gasteiger partial charge is 0.214 e. The van der Waals surface area contributed by atoms with E-state index < -0.39 is 10.0 Å². The maximum Gasteiger partial charge on any atom is 0.214 e. The van der Waals surface area contributed by atoms with Gasteiger partial charge in [0.15, 0.2) is 5.96 Å². The van der Waals surface area contributed by atoms with Crippen LogP contribution in [-0.2, 0) is 16.4 Å². The molecule has 2 rings (SSSR count). The molecule has 9 heteroatoms. The summed E-state index contributed by atoms with van der Waals surface area (Å²) in [5.41, 5.74) is 2.35. The van der Waals surface area contributed by atoms with Crippen LogP contribution < -0.4 is 15.4 Å². The molecule has 1 saturated heterocycles. The number of aryl methyl sites for hydroxylation is 1. The van der Waals surface area contributed by atoms with Gasteiger partial charge in [-0.25, -0.2) is 12.7 Å². The van der Waals surface area contributed by atoms with Crippen LogP contribution in [0.1, 0.15) is 24.5 Å². The third-order valence-electron chi connectivity index (χ3n) is 4.29. The second-order valence-electron chi connectivity index (χ2n) is 6.32. The summed E-state index contributed by atoms with van der Waals surface area (Å²) in [7, 11) is -1.37. The van der Waals surface area contributed by atoms with Crippen LogP contribution in [0.4, 0.5) is 0 Å². The number of hydrogen-bond donors (Lipinski definition) is 2. The Balaban J connectivity index is 0.00000364. The van der Waals surface area contributed by atoms with Crippen molar-refractivity contribution in [2.75, 3.05) is 45.6 Å². The number of methoxy groups -OCH3 is 1. The van der Waals surface area contributed by atoms with E-state index in [4.69, 9.17) is 4.74 Å². The number of nitrogens with one attached hydrogen (secondary N) is 2. The van der Waals surface area contributed by atoms with E-state index in [0.29, 0.717) is 38.6 Å². The zero-order valence-electron chi connectivity index (χ0n) is 16.3. The van der Waals surface area contributed by atoms with Crippen LogP contribution in [-0.4, -0.2) is 64.3 Å². The van der Waals surface area contributed by atoms with Gasteiger partial charge in [0.05, 0.1) is 19.4 Å². The van der Waals surface area contributed by atoms with Gasteiger partial charge in [-0.2, -0.15) is 0 Å². The van der Waals surface area contributed by atoms with Crippen LogP contribution in [0.5, 0.6) is 5.75 Å². The molecular weight excluding hydrogens is 479 g/mol. The van der Waals surface area contributed by atoms with Crippen molar-refractivity contribution in [2.45, 2.75) is 26.7 Å². The van der Waals surface area contributed by atoms with E-state index in [0.717, 1.165) is 24.3 Å². The van der Waals surface area contributed by atoms with Crippen molar-refractivity contribution in [3.63, 3.8) is 0 Å². The van der Waals surface area contributed by atoms with Crippen molar-refractivity contribution in [2.24, 2.45) is 4.99 Å². The van der Waals surface area contributed by atoms with Gasteiger partial charge in [-0.05, 0) is 38.3 Å². The Morgan fingerprint density at radius 1 is 1.33 bits per heavy atom. The molecule has 1 aromatic rings. The number of ether oxygens (including phenoxy) is 1. The molecule has 1 aliphatic rings. The number of benzene rings is 1. The molecule has 154 valence electrons. The number of aliphatic imine (C=N–C) groups is 1. The maximum absolute atomic E-state index is 11.8. The fraction of sp³-hybridized carbons (Fsp3) is 0.611. The fourth-order valence-corrected chi connectivity index (χ4v) is 4.49. The van der Waals surface area contributed by atoms with Gasteiger partial charge in [0.2, 0.25) is 10.0 Å². The van der Waals surface area contributed by atoms with Gasteiger partial charge in [-0.1, -0.05) is 17.7 Å². The molecule has 0 unspecified atom stereocenters. The van der Waals surface area contributed by atoms with E-state index >= 15 is 0 Å². The van der Waals surface area contributed by atoms with Crippen molar-refractivity contribution in [3.8, 4) is 5.75 Å². The lowest BCUT2D eigenvalue weighted by Gasteiger charge is -2.15. The second kappa shape index (κ2) is 11.7. The van der Waals surface area contributed by atoms with Crippen LogP contribution >= 0.6 is 24.0 Å². The SMILES string of the molecule is CCNC(=NCCN1CCCS1(=O)=O)NCCc1cc(C)ccc1OC.I. The van der Waals surface area contributed by atoms with Crippen LogP contribution in [0.2, 0.25) is 0 Å². The molecule has 0 spiro atoms. The molecule has 1 aliphatic heterocycles. The summed E-state index contributed by atoms with van der Waals surface area (Å²) in [4.78, 5) is 4.49. The maximum atomic E-state index is 11.8. The number of rotatable bonds is 8. The molecule has 1 heterocycles. The van der Waals surface area contributed by atoms with Gasteiger partial charge in [0.25, 0.3) is 0 Å². The van der Waals surface area contributed by atoms with Crippen LogP contribution in [0.25, 0.3) is 0 Å². The highest BCUT2D eigenvalue weighted by molar-refractivity contribution is 14.0. The van der Waals surface area contributed by atoms with E-state index in [9.17, 15) is 8.42 Å². The number of nitrogens with zero attached hydrogens (tertiary/aromatic N) is 2. The zero-order valence-corrected chi connectivity index (χ0v) is 19.5. The molecule has 2 N–H and O–H groups in total. The molecule has 0 bridgehead atoms. The first-order valence-electron chi connectivity index (χ1n) is 9.10. The largest absolute Gasteiger partial charge is 0.496 e. The van der Waals surface area contributed by atoms with Crippen LogP contribution in [0, 0.1) is 6.92 Å². The first-order valence-corrected chi connectivity index (χ1v) is 10.7. The molecule has 0 saturated carbocycles. The van der Waals surface area contributed by atoms with Crippen molar-refractivity contribution < 1.29 is 13.2 Å². The predicted octanol–water partition coefficient (Wildman–Crippen LogP) is 1.75. The van der Waals surface area contributed by atoms with Gasteiger partial charge in [-0.3, -0.25) is 4.99 Å². The van der Waals surface area contributed by atoms with Crippen molar-refractivity contribution in [3.05, 3.63) is 29.3 Å². The third-order valence-corrected chi connectivity index (χ3v) is 6.25. The first kappa shape index (κ1) is 24.0. The summed E-state index contributed by atoms with van der Waals surface area (Å²) in [6.45, 7) is 7.03. The molecule has 1 fully saturated rings. The number of hydrogen-bond acceptors (Lipinski definition) is 4. The number of guanidine groups is 1. The molecule has 0 radical (unpaired) electrons. The molecule has 7 nitrogen and oxygen atoms in total. The predicted molar refractivity (Wildman–Crippen MR) is 121 cm³/mol. The highest BCUT2D eigenvalue weighted by atomic mass is 127. The molecule has 0 amide bonds. The van der Waals surface area contributed by atoms with E-state index in [1.54, 1.807) is 7.11 Å². The highest BCUT2D eigenvalue weighted by Gasteiger charge is 2.27. The average molecular weight is 510 g/mol. The number of halogens is 1. The Bertz CT molecular complexity index is 725. The molecule has 0 atom stereocenters. The molecule has 27 heavy (non-hydrogen) atoms. The van der Waals surface area contributed by atoms with Crippen molar-refractivity contribution in [1.29, 1.82) is 0 Å². The van der Waals surface area contributed by atoms with E-state index in [1.165, 1.54) is 9.87 Å². The number of sulfonamides is 1. The normalized spacial score (nSPS) is 16.6. The summed E-state index contributed by atoms with van der Waals surface area (Å²) in [6.07, 6.45) is 1.53. The molecule has 0 aliphatic carbocycles. The van der Waals surface area contributed by atoms with Gasteiger partial charge in [0, 0.05) is 26.2 Å². The third kappa shape index (κ3) is 7.46. The van der Waals surface area contributed by atoms with E-state index in [2.05, 4.69) is 28.6 Å². The lowest BCUT2D eigenvalue weighted by molar-refractivity contribution is 0.409. The van der Waals surface area contributed by atoms with Gasteiger partial charge in [0.1, 0.15) is 5.75 Å². The van der Waals surface area contributed by atoms with E-state index in [-0.39, 0.29) is 29.7 Å². The zero-order chi connectivity index (χ0) is 19.0. The Labute approximate surface area is 180 Å².